The number of nitrogens with zero attached hydrogens (tertiary/aromatic N) is 2. The largest absolute Gasteiger partial charge is 0.343 e. The Morgan fingerprint density at radius 2 is 1.53 bits per heavy atom. The topological polar surface area (TPSA) is 83.4 Å². The van der Waals surface area contributed by atoms with Crippen molar-refractivity contribution in [3.8, 4) is 11.3 Å². The summed E-state index contributed by atoms with van der Waals surface area (Å²) in [4.78, 5) is 43.1. The SMILES string of the molecule is Cc1ccc(-c2c(C3c4ccccc4C(=O)N3C(CC(C)C)C(=O)NNC(=O)c3ccc(Br)cc3)c3ccccc3n2C)cc1. The van der Waals surface area contributed by atoms with Crippen LogP contribution in [0, 0.1) is 12.8 Å². The van der Waals surface area contributed by atoms with Gasteiger partial charge in [0.1, 0.15) is 6.04 Å². The van der Waals surface area contributed by atoms with Gasteiger partial charge in [-0.3, -0.25) is 25.2 Å². The molecule has 2 atom stereocenters. The maximum atomic E-state index is 14.4. The molecule has 0 bridgehead atoms. The number of aryl methyl sites for hydroxylation is 2. The summed E-state index contributed by atoms with van der Waals surface area (Å²) in [5.74, 6) is -1.01. The Bertz CT molecular complexity index is 1910. The summed E-state index contributed by atoms with van der Waals surface area (Å²) in [5.41, 5.74) is 12.2. The molecule has 5 aromatic rings. The fourth-order valence-electron chi connectivity index (χ4n) is 6.38. The minimum absolute atomic E-state index is 0.0872. The molecule has 228 valence electrons. The highest BCUT2D eigenvalue weighted by Crippen LogP contribution is 2.47. The predicted octanol–water partition coefficient (Wildman–Crippen LogP) is 7.34. The normalized spacial score (nSPS) is 14.9. The molecule has 8 heteroatoms. The molecule has 7 nitrogen and oxygen atoms in total. The van der Waals surface area contributed by atoms with Crippen LogP contribution < -0.4 is 10.9 Å². The maximum Gasteiger partial charge on any atom is 0.269 e. The molecular formula is C37H35BrN4O3. The van der Waals surface area contributed by atoms with E-state index in [4.69, 9.17) is 0 Å². The molecule has 1 aliphatic rings. The fourth-order valence-corrected chi connectivity index (χ4v) is 6.65. The first-order valence-electron chi connectivity index (χ1n) is 15.1. The lowest BCUT2D eigenvalue weighted by Gasteiger charge is -2.34. The summed E-state index contributed by atoms with van der Waals surface area (Å²) >= 11 is 3.38. The van der Waals surface area contributed by atoms with Crippen molar-refractivity contribution in [3.63, 3.8) is 0 Å². The van der Waals surface area contributed by atoms with Crippen LogP contribution in [0.5, 0.6) is 0 Å². The summed E-state index contributed by atoms with van der Waals surface area (Å²) in [7, 11) is 2.05. The number of carbonyl (C=O) groups is 3. The van der Waals surface area contributed by atoms with Gasteiger partial charge in [-0.2, -0.15) is 0 Å². The molecule has 0 fully saturated rings. The van der Waals surface area contributed by atoms with Crippen LogP contribution in [0.15, 0.2) is 102 Å². The van der Waals surface area contributed by atoms with Gasteiger partial charge in [0.2, 0.25) is 0 Å². The van der Waals surface area contributed by atoms with E-state index in [-0.39, 0.29) is 11.8 Å². The lowest BCUT2D eigenvalue weighted by atomic mass is 9.91. The van der Waals surface area contributed by atoms with Crippen LogP contribution in [0.1, 0.15) is 63.7 Å². The van der Waals surface area contributed by atoms with Crippen LogP contribution in [0.2, 0.25) is 0 Å². The van der Waals surface area contributed by atoms with E-state index in [0.717, 1.165) is 43.3 Å². The zero-order valence-electron chi connectivity index (χ0n) is 25.7. The predicted molar refractivity (Wildman–Crippen MR) is 181 cm³/mol. The Hall–Kier alpha value is -4.69. The molecule has 2 heterocycles. The van der Waals surface area contributed by atoms with Gasteiger partial charge in [-0.1, -0.05) is 96.0 Å². The fraction of sp³-hybridized carbons (Fsp3) is 0.216. The van der Waals surface area contributed by atoms with Gasteiger partial charge < -0.3 is 9.47 Å². The summed E-state index contributed by atoms with van der Waals surface area (Å²) in [6.45, 7) is 6.11. The van der Waals surface area contributed by atoms with Crippen molar-refractivity contribution >= 4 is 44.6 Å². The molecular weight excluding hydrogens is 628 g/mol. The molecule has 45 heavy (non-hydrogen) atoms. The van der Waals surface area contributed by atoms with E-state index in [2.05, 4.69) is 74.7 Å². The van der Waals surface area contributed by atoms with Gasteiger partial charge in [-0.05, 0) is 66.8 Å². The van der Waals surface area contributed by atoms with Gasteiger partial charge >= 0.3 is 0 Å². The number of rotatable bonds is 7. The smallest absolute Gasteiger partial charge is 0.269 e. The molecule has 0 saturated carbocycles. The number of carbonyl (C=O) groups excluding carboxylic acids is 3. The first-order valence-corrected chi connectivity index (χ1v) is 15.9. The molecule has 0 spiro atoms. The molecule has 1 aliphatic heterocycles. The Balaban J connectivity index is 1.48. The van der Waals surface area contributed by atoms with Crippen molar-refractivity contribution in [2.24, 2.45) is 13.0 Å². The van der Waals surface area contributed by atoms with Crippen molar-refractivity contribution in [2.45, 2.75) is 39.3 Å². The number of hydrogen-bond acceptors (Lipinski definition) is 3. The van der Waals surface area contributed by atoms with Crippen molar-refractivity contribution < 1.29 is 14.4 Å². The number of benzene rings is 4. The Morgan fingerprint density at radius 1 is 0.867 bits per heavy atom. The number of para-hydroxylation sites is 1. The third-order valence-corrected chi connectivity index (χ3v) is 9.01. The molecule has 0 saturated heterocycles. The van der Waals surface area contributed by atoms with Gasteiger partial charge in [0.05, 0.1) is 11.7 Å². The second-order valence-corrected chi connectivity index (χ2v) is 12.9. The molecule has 0 aliphatic carbocycles. The molecule has 2 N–H and O–H groups in total. The number of nitrogens with one attached hydrogen (secondary N) is 2. The van der Waals surface area contributed by atoms with Crippen LogP contribution in [0.25, 0.3) is 22.2 Å². The highest BCUT2D eigenvalue weighted by molar-refractivity contribution is 9.10. The van der Waals surface area contributed by atoms with Gasteiger partial charge in [0.15, 0.2) is 0 Å². The lowest BCUT2D eigenvalue weighted by Crippen LogP contribution is -2.53. The third kappa shape index (κ3) is 5.66. The molecule has 1 aromatic heterocycles. The van der Waals surface area contributed by atoms with Crippen molar-refractivity contribution in [1.82, 2.24) is 20.3 Å². The second-order valence-electron chi connectivity index (χ2n) is 12.0. The van der Waals surface area contributed by atoms with E-state index in [0.29, 0.717) is 17.5 Å². The van der Waals surface area contributed by atoms with Gasteiger partial charge in [-0.25, -0.2) is 0 Å². The van der Waals surface area contributed by atoms with Gasteiger partial charge in [-0.15, -0.1) is 0 Å². The zero-order valence-corrected chi connectivity index (χ0v) is 27.3. The average Bonchev–Trinajstić information content (AvgIpc) is 3.49. The van der Waals surface area contributed by atoms with E-state index in [1.54, 1.807) is 29.2 Å². The minimum atomic E-state index is -0.857. The number of hydrazine groups is 1. The Labute approximate surface area is 271 Å². The maximum absolute atomic E-state index is 14.4. The lowest BCUT2D eigenvalue weighted by molar-refractivity contribution is -0.127. The van der Waals surface area contributed by atoms with E-state index in [9.17, 15) is 14.4 Å². The van der Waals surface area contributed by atoms with Crippen LogP contribution in [0.4, 0.5) is 0 Å². The van der Waals surface area contributed by atoms with Crippen molar-refractivity contribution in [1.29, 1.82) is 0 Å². The van der Waals surface area contributed by atoms with E-state index in [1.807, 2.05) is 57.3 Å². The first-order chi connectivity index (χ1) is 21.7. The van der Waals surface area contributed by atoms with Crippen molar-refractivity contribution in [3.05, 3.63) is 129 Å². The molecule has 2 unspecified atom stereocenters. The Kier molecular flexibility index (Phi) is 8.34. The quantitative estimate of drug-likeness (QED) is 0.179. The van der Waals surface area contributed by atoms with Crippen LogP contribution in [-0.2, 0) is 11.8 Å². The summed E-state index contributed by atoms with van der Waals surface area (Å²) < 4.78 is 3.02. The minimum Gasteiger partial charge on any atom is -0.343 e. The van der Waals surface area contributed by atoms with Crippen molar-refractivity contribution in [2.75, 3.05) is 0 Å². The van der Waals surface area contributed by atoms with Crippen LogP contribution >= 0.6 is 15.9 Å². The monoisotopic (exact) mass is 662 g/mol. The number of fused-ring (bicyclic) bond motifs is 2. The highest BCUT2D eigenvalue weighted by atomic mass is 79.9. The number of hydrogen-bond donors (Lipinski definition) is 2. The number of halogens is 1. The molecule has 0 radical (unpaired) electrons. The zero-order chi connectivity index (χ0) is 31.8. The highest BCUT2D eigenvalue weighted by Gasteiger charge is 2.46. The van der Waals surface area contributed by atoms with Crippen LogP contribution in [-0.4, -0.2) is 33.2 Å². The van der Waals surface area contributed by atoms with Crippen LogP contribution in [0.3, 0.4) is 0 Å². The second kappa shape index (κ2) is 12.4. The molecule has 4 aromatic carbocycles. The van der Waals surface area contributed by atoms with E-state index in [1.165, 1.54) is 0 Å². The summed E-state index contributed by atoms with van der Waals surface area (Å²) in [6.07, 6.45) is 0.404. The van der Waals surface area contributed by atoms with Gasteiger partial charge in [0, 0.05) is 39.1 Å². The average molecular weight is 664 g/mol. The van der Waals surface area contributed by atoms with E-state index >= 15 is 0 Å². The number of aromatic nitrogens is 1. The summed E-state index contributed by atoms with van der Waals surface area (Å²) in [6, 6.07) is 29.7. The summed E-state index contributed by atoms with van der Waals surface area (Å²) in [5, 5.41) is 1.02. The number of amides is 3. The van der Waals surface area contributed by atoms with E-state index < -0.39 is 23.9 Å². The molecule has 3 amide bonds. The Morgan fingerprint density at radius 3 is 2.24 bits per heavy atom. The first kappa shape index (κ1) is 30.3. The van der Waals surface area contributed by atoms with Gasteiger partial charge in [0.25, 0.3) is 17.7 Å². The standard InChI is InChI=1S/C37H35BrN4O3/c1-22(2)21-31(36(44)40-39-35(43)25-17-19-26(38)20-18-25)42-34(27-9-5-6-10-28(27)37(42)45)32-29-11-7-8-12-30(29)41(4)33(32)24-15-13-23(3)14-16-24/h5-20,22,31,34H,21H2,1-4H3,(H,39,43)(H,40,44). The molecule has 6 rings (SSSR count). The third-order valence-electron chi connectivity index (χ3n) is 8.48.